The van der Waals surface area contributed by atoms with Gasteiger partial charge in [-0.3, -0.25) is 0 Å². The summed E-state index contributed by atoms with van der Waals surface area (Å²) in [5, 5.41) is 22.0. The zero-order valence-electron chi connectivity index (χ0n) is 11.1. The van der Waals surface area contributed by atoms with Crippen molar-refractivity contribution in [1.29, 1.82) is 0 Å². The summed E-state index contributed by atoms with van der Waals surface area (Å²) in [6, 6.07) is 12.2. The van der Waals surface area contributed by atoms with E-state index in [2.05, 4.69) is 5.32 Å². The van der Waals surface area contributed by atoms with E-state index < -0.39 is 6.10 Å². The maximum atomic E-state index is 9.26. The molecule has 0 saturated carbocycles. The molecular formula is C15H15Cl2NO3. The second-order valence-corrected chi connectivity index (χ2v) is 5.26. The van der Waals surface area contributed by atoms with Crippen LogP contribution in [0.3, 0.4) is 0 Å². The molecule has 0 bridgehead atoms. The lowest BCUT2D eigenvalue weighted by Crippen LogP contribution is -2.22. The fourth-order valence-corrected chi connectivity index (χ4v) is 2.07. The van der Waals surface area contributed by atoms with Gasteiger partial charge in [0.1, 0.15) is 11.5 Å². The van der Waals surface area contributed by atoms with Crippen LogP contribution in [0, 0.1) is 0 Å². The van der Waals surface area contributed by atoms with E-state index in [0.717, 1.165) is 5.69 Å². The Kier molecular flexibility index (Phi) is 5.70. The Morgan fingerprint density at radius 1 is 1.10 bits per heavy atom. The SMILES string of the molecule is OCC(O)CNc1ccc(Oc2ccc(Cl)cc2Cl)cc1. The van der Waals surface area contributed by atoms with Crippen molar-refractivity contribution in [2.75, 3.05) is 18.5 Å². The number of benzene rings is 2. The zero-order chi connectivity index (χ0) is 15.2. The van der Waals surface area contributed by atoms with E-state index in [0.29, 0.717) is 21.5 Å². The summed E-state index contributed by atoms with van der Waals surface area (Å²) in [5.74, 6) is 1.16. The summed E-state index contributed by atoms with van der Waals surface area (Å²) < 4.78 is 5.66. The first kappa shape index (κ1) is 15.9. The molecule has 2 aromatic carbocycles. The number of hydrogen-bond acceptors (Lipinski definition) is 4. The average Bonchev–Trinajstić information content (AvgIpc) is 2.49. The number of anilines is 1. The van der Waals surface area contributed by atoms with Gasteiger partial charge in [-0.1, -0.05) is 23.2 Å². The molecule has 4 nitrogen and oxygen atoms in total. The number of halogens is 2. The van der Waals surface area contributed by atoms with Crippen LogP contribution in [-0.2, 0) is 0 Å². The van der Waals surface area contributed by atoms with Crippen molar-refractivity contribution in [3.63, 3.8) is 0 Å². The molecule has 1 atom stereocenters. The normalized spacial score (nSPS) is 12.0. The van der Waals surface area contributed by atoms with Crippen LogP contribution in [0.4, 0.5) is 5.69 Å². The Hall–Kier alpha value is -1.46. The summed E-state index contributed by atoms with van der Waals surface area (Å²) in [5.41, 5.74) is 0.817. The van der Waals surface area contributed by atoms with E-state index in [1.165, 1.54) is 0 Å². The standard InChI is InChI=1S/C15H15Cl2NO3/c16-10-1-6-15(14(17)7-10)21-13-4-2-11(3-5-13)18-8-12(20)9-19/h1-7,12,18-20H,8-9H2. The van der Waals surface area contributed by atoms with Gasteiger partial charge in [-0.25, -0.2) is 0 Å². The highest BCUT2D eigenvalue weighted by atomic mass is 35.5. The number of ether oxygens (including phenoxy) is 1. The molecule has 0 saturated heterocycles. The van der Waals surface area contributed by atoms with Crippen molar-refractivity contribution in [2.24, 2.45) is 0 Å². The molecule has 0 spiro atoms. The summed E-state index contributed by atoms with van der Waals surface area (Å²) in [6.45, 7) is 0.00295. The third kappa shape index (κ3) is 4.79. The minimum Gasteiger partial charge on any atom is -0.456 e. The molecule has 0 amide bonds. The smallest absolute Gasteiger partial charge is 0.146 e. The van der Waals surface area contributed by atoms with Gasteiger partial charge in [0.25, 0.3) is 0 Å². The van der Waals surface area contributed by atoms with Gasteiger partial charge in [0.2, 0.25) is 0 Å². The van der Waals surface area contributed by atoms with Crippen LogP contribution in [-0.4, -0.2) is 29.5 Å². The lowest BCUT2D eigenvalue weighted by Gasteiger charge is -2.11. The van der Waals surface area contributed by atoms with Crippen LogP contribution in [0.5, 0.6) is 11.5 Å². The topological polar surface area (TPSA) is 61.7 Å². The van der Waals surface area contributed by atoms with Gasteiger partial charge in [-0.2, -0.15) is 0 Å². The molecule has 0 aromatic heterocycles. The minimum absolute atomic E-state index is 0.275. The van der Waals surface area contributed by atoms with Gasteiger partial charge in [0.15, 0.2) is 0 Å². The van der Waals surface area contributed by atoms with Crippen molar-refractivity contribution in [2.45, 2.75) is 6.10 Å². The molecule has 2 rings (SSSR count). The molecule has 0 aliphatic rings. The first-order valence-corrected chi connectivity index (χ1v) is 7.10. The Morgan fingerprint density at radius 3 is 2.43 bits per heavy atom. The van der Waals surface area contributed by atoms with Gasteiger partial charge < -0.3 is 20.3 Å². The van der Waals surface area contributed by atoms with E-state index in [1.807, 2.05) is 12.1 Å². The number of nitrogens with one attached hydrogen (secondary N) is 1. The second kappa shape index (κ2) is 7.52. The Morgan fingerprint density at radius 2 is 1.81 bits per heavy atom. The summed E-state index contributed by atoms with van der Waals surface area (Å²) >= 11 is 11.9. The number of rotatable bonds is 6. The van der Waals surface area contributed by atoms with Crippen LogP contribution in [0.1, 0.15) is 0 Å². The lowest BCUT2D eigenvalue weighted by atomic mass is 10.3. The van der Waals surface area contributed by atoms with Gasteiger partial charge in [-0.15, -0.1) is 0 Å². The molecule has 3 N–H and O–H groups in total. The fourth-order valence-electron chi connectivity index (χ4n) is 1.63. The number of aliphatic hydroxyl groups is 2. The Bertz CT molecular complexity index is 590. The zero-order valence-corrected chi connectivity index (χ0v) is 12.6. The molecule has 112 valence electrons. The highest BCUT2D eigenvalue weighted by molar-refractivity contribution is 6.35. The monoisotopic (exact) mass is 327 g/mol. The Labute approximate surface area is 132 Å². The molecule has 0 radical (unpaired) electrons. The first-order valence-electron chi connectivity index (χ1n) is 6.34. The van der Waals surface area contributed by atoms with Crippen LogP contribution in [0.15, 0.2) is 42.5 Å². The molecule has 2 aromatic rings. The molecule has 0 aliphatic carbocycles. The third-order valence-electron chi connectivity index (χ3n) is 2.73. The van der Waals surface area contributed by atoms with Crippen molar-refractivity contribution in [3.05, 3.63) is 52.5 Å². The van der Waals surface area contributed by atoms with E-state index in [9.17, 15) is 5.11 Å². The quantitative estimate of drug-likeness (QED) is 0.759. The lowest BCUT2D eigenvalue weighted by molar-refractivity contribution is 0.105. The van der Waals surface area contributed by atoms with E-state index >= 15 is 0 Å². The van der Waals surface area contributed by atoms with Gasteiger partial charge in [-0.05, 0) is 42.5 Å². The molecule has 1 unspecified atom stereocenters. The maximum absolute atomic E-state index is 9.26. The van der Waals surface area contributed by atoms with Gasteiger partial charge >= 0.3 is 0 Å². The highest BCUT2D eigenvalue weighted by Crippen LogP contribution is 2.31. The summed E-state index contributed by atoms with van der Waals surface area (Å²) in [6.07, 6.45) is -0.784. The number of aliphatic hydroxyl groups excluding tert-OH is 2. The van der Waals surface area contributed by atoms with Crippen molar-refractivity contribution < 1.29 is 14.9 Å². The predicted molar refractivity (Wildman–Crippen MR) is 84.6 cm³/mol. The molecule has 21 heavy (non-hydrogen) atoms. The molecule has 0 heterocycles. The summed E-state index contributed by atoms with van der Waals surface area (Å²) in [7, 11) is 0. The van der Waals surface area contributed by atoms with Crippen LogP contribution < -0.4 is 10.1 Å². The predicted octanol–water partition coefficient (Wildman–Crippen LogP) is 3.55. The van der Waals surface area contributed by atoms with E-state index in [-0.39, 0.29) is 13.2 Å². The van der Waals surface area contributed by atoms with Crippen LogP contribution in [0.2, 0.25) is 10.0 Å². The number of hydrogen-bond donors (Lipinski definition) is 3. The Balaban J connectivity index is 1.99. The third-order valence-corrected chi connectivity index (χ3v) is 3.26. The summed E-state index contributed by atoms with van der Waals surface area (Å²) in [4.78, 5) is 0. The molecule has 0 fully saturated rings. The molecular weight excluding hydrogens is 313 g/mol. The first-order chi connectivity index (χ1) is 10.1. The average molecular weight is 328 g/mol. The van der Waals surface area contributed by atoms with Crippen molar-refractivity contribution >= 4 is 28.9 Å². The molecule has 0 aliphatic heterocycles. The van der Waals surface area contributed by atoms with Gasteiger partial charge in [0, 0.05) is 17.3 Å². The van der Waals surface area contributed by atoms with Crippen molar-refractivity contribution in [1.82, 2.24) is 0 Å². The van der Waals surface area contributed by atoms with Gasteiger partial charge in [0.05, 0.1) is 17.7 Å². The van der Waals surface area contributed by atoms with E-state index in [4.69, 9.17) is 33.0 Å². The minimum atomic E-state index is -0.784. The highest BCUT2D eigenvalue weighted by Gasteiger charge is 2.05. The van der Waals surface area contributed by atoms with Crippen LogP contribution >= 0.6 is 23.2 Å². The van der Waals surface area contributed by atoms with Crippen LogP contribution in [0.25, 0.3) is 0 Å². The largest absolute Gasteiger partial charge is 0.456 e. The fraction of sp³-hybridized carbons (Fsp3) is 0.200. The van der Waals surface area contributed by atoms with Crippen molar-refractivity contribution in [3.8, 4) is 11.5 Å². The van der Waals surface area contributed by atoms with E-state index in [1.54, 1.807) is 30.3 Å². The maximum Gasteiger partial charge on any atom is 0.146 e. The second-order valence-electron chi connectivity index (χ2n) is 4.42. The molecule has 6 heteroatoms.